The third kappa shape index (κ3) is 4.20. The molecule has 98 valence electrons. The Kier molecular flexibility index (Phi) is 5.20. The number of hydrogen-bond acceptors (Lipinski definition) is 2. The van der Waals surface area contributed by atoms with Crippen molar-refractivity contribution in [3.63, 3.8) is 0 Å². The minimum atomic E-state index is 0.217. The highest BCUT2D eigenvalue weighted by molar-refractivity contribution is 8.00. The van der Waals surface area contributed by atoms with Crippen LogP contribution in [-0.2, 0) is 4.79 Å². The van der Waals surface area contributed by atoms with Gasteiger partial charge in [-0.25, -0.2) is 0 Å². The highest BCUT2D eigenvalue weighted by atomic mass is 32.2. The van der Waals surface area contributed by atoms with E-state index in [-0.39, 0.29) is 11.8 Å². The maximum absolute atomic E-state index is 11.9. The van der Waals surface area contributed by atoms with Crippen LogP contribution in [0, 0.1) is 17.8 Å². The molecule has 2 aliphatic rings. The van der Waals surface area contributed by atoms with Crippen LogP contribution in [0.5, 0.6) is 0 Å². The molecule has 1 unspecified atom stereocenters. The van der Waals surface area contributed by atoms with Crippen molar-refractivity contribution >= 4 is 17.7 Å². The van der Waals surface area contributed by atoms with E-state index < -0.39 is 0 Å². The van der Waals surface area contributed by atoms with E-state index in [1.807, 2.05) is 11.8 Å². The van der Waals surface area contributed by atoms with Crippen molar-refractivity contribution in [1.82, 2.24) is 5.32 Å². The third-order valence-corrected chi connectivity index (χ3v) is 5.58. The van der Waals surface area contributed by atoms with Crippen LogP contribution >= 0.6 is 11.8 Å². The number of thioether (sulfide) groups is 1. The van der Waals surface area contributed by atoms with Crippen LogP contribution in [0.1, 0.15) is 45.4 Å². The molecule has 1 aliphatic carbocycles. The van der Waals surface area contributed by atoms with Gasteiger partial charge in [0, 0.05) is 12.5 Å². The first-order valence-electron chi connectivity index (χ1n) is 7.11. The molecule has 0 bridgehead atoms. The van der Waals surface area contributed by atoms with Crippen LogP contribution in [0.3, 0.4) is 0 Å². The first-order valence-corrected chi connectivity index (χ1v) is 8.26. The summed E-state index contributed by atoms with van der Waals surface area (Å²) in [6.45, 7) is 2.98. The molecule has 1 saturated heterocycles. The normalized spacial score (nSPS) is 23.4. The van der Waals surface area contributed by atoms with Gasteiger partial charge in [0.15, 0.2) is 0 Å². The quantitative estimate of drug-likeness (QED) is 0.790. The Morgan fingerprint density at radius 2 is 2.00 bits per heavy atom. The van der Waals surface area contributed by atoms with E-state index >= 15 is 0 Å². The van der Waals surface area contributed by atoms with Crippen LogP contribution in [0.15, 0.2) is 0 Å². The lowest BCUT2D eigenvalue weighted by Gasteiger charge is -2.25. The minimum absolute atomic E-state index is 0.217. The van der Waals surface area contributed by atoms with Gasteiger partial charge in [-0.1, -0.05) is 32.6 Å². The van der Waals surface area contributed by atoms with Crippen LogP contribution in [0.25, 0.3) is 0 Å². The Balaban J connectivity index is 1.57. The second-order valence-corrected chi connectivity index (χ2v) is 6.85. The molecule has 1 saturated carbocycles. The average molecular weight is 255 g/mol. The van der Waals surface area contributed by atoms with Crippen LogP contribution in [0.4, 0.5) is 0 Å². The van der Waals surface area contributed by atoms with Crippen molar-refractivity contribution in [2.75, 3.05) is 18.1 Å². The molecule has 0 spiro atoms. The third-order valence-electron chi connectivity index (χ3n) is 4.17. The molecule has 17 heavy (non-hydrogen) atoms. The lowest BCUT2D eigenvalue weighted by molar-refractivity contribution is -0.125. The summed E-state index contributed by atoms with van der Waals surface area (Å²) in [6, 6.07) is 0. The van der Waals surface area contributed by atoms with Crippen LogP contribution in [-0.4, -0.2) is 24.0 Å². The van der Waals surface area contributed by atoms with Crippen LogP contribution in [0.2, 0.25) is 0 Å². The highest BCUT2D eigenvalue weighted by Crippen LogP contribution is 2.30. The molecule has 2 rings (SSSR count). The molecule has 3 heteroatoms. The van der Waals surface area contributed by atoms with Gasteiger partial charge in [-0.15, -0.1) is 0 Å². The van der Waals surface area contributed by atoms with Gasteiger partial charge >= 0.3 is 0 Å². The molecule has 1 aliphatic heterocycles. The minimum Gasteiger partial charge on any atom is -0.356 e. The van der Waals surface area contributed by atoms with Crippen LogP contribution < -0.4 is 5.32 Å². The molecular weight excluding hydrogens is 230 g/mol. The topological polar surface area (TPSA) is 29.1 Å². The molecule has 1 N–H and O–H groups in total. The van der Waals surface area contributed by atoms with E-state index in [0.717, 1.165) is 24.8 Å². The lowest BCUT2D eigenvalue weighted by Crippen LogP contribution is -2.33. The zero-order valence-corrected chi connectivity index (χ0v) is 11.7. The summed E-state index contributed by atoms with van der Waals surface area (Å²) in [4.78, 5) is 11.9. The van der Waals surface area contributed by atoms with Gasteiger partial charge < -0.3 is 5.32 Å². The zero-order chi connectivity index (χ0) is 12.1. The molecule has 0 radical (unpaired) electrons. The molecule has 1 atom stereocenters. The number of nitrogens with one attached hydrogen (secondary N) is 1. The second-order valence-electron chi connectivity index (χ2n) is 5.77. The first kappa shape index (κ1) is 13.3. The largest absolute Gasteiger partial charge is 0.356 e. The first-order chi connectivity index (χ1) is 8.25. The van der Waals surface area contributed by atoms with Gasteiger partial charge in [0.25, 0.3) is 0 Å². The Hall–Kier alpha value is -0.180. The van der Waals surface area contributed by atoms with E-state index in [2.05, 4.69) is 12.2 Å². The maximum Gasteiger partial charge on any atom is 0.222 e. The van der Waals surface area contributed by atoms with E-state index in [1.165, 1.54) is 43.6 Å². The zero-order valence-electron chi connectivity index (χ0n) is 10.9. The molecule has 1 heterocycles. The Morgan fingerprint density at radius 3 is 2.59 bits per heavy atom. The number of carbonyl (C=O) groups is 1. The number of carbonyl (C=O) groups excluding carboxylic acids is 1. The van der Waals surface area contributed by atoms with Gasteiger partial charge in [-0.2, -0.15) is 11.8 Å². The summed E-state index contributed by atoms with van der Waals surface area (Å²) < 4.78 is 0. The fraction of sp³-hybridized carbons (Fsp3) is 0.929. The van der Waals surface area contributed by atoms with E-state index in [0.29, 0.717) is 0 Å². The predicted molar refractivity (Wildman–Crippen MR) is 74.2 cm³/mol. The van der Waals surface area contributed by atoms with Crippen molar-refractivity contribution in [2.45, 2.75) is 45.4 Å². The Morgan fingerprint density at radius 1 is 1.29 bits per heavy atom. The molecule has 0 aromatic heterocycles. The van der Waals surface area contributed by atoms with Gasteiger partial charge in [-0.3, -0.25) is 4.79 Å². The molecule has 1 amide bonds. The Labute approximate surface area is 109 Å². The number of rotatable bonds is 6. The summed E-state index contributed by atoms with van der Waals surface area (Å²) in [5.41, 5.74) is 0. The second kappa shape index (κ2) is 6.67. The lowest BCUT2D eigenvalue weighted by atomic mass is 9.94. The van der Waals surface area contributed by atoms with Gasteiger partial charge in [0.05, 0.1) is 0 Å². The predicted octanol–water partition coefficient (Wildman–Crippen LogP) is 3.07. The van der Waals surface area contributed by atoms with Gasteiger partial charge in [-0.05, 0) is 36.2 Å². The van der Waals surface area contributed by atoms with Crippen molar-refractivity contribution in [3.05, 3.63) is 0 Å². The maximum atomic E-state index is 11.9. The monoisotopic (exact) mass is 255 g/mol. The average Bonchev–Trinajstić information content (AvgIpc) is 2.74. The molecule has 2 nitrogen and oxygen atoms in total. The number of hydrogen-bond donors (Lipinski definition) is 1. The molecular formula is C14H25NOS. The van der Waals surface area contributed by atoms with Crippen molar-refractivity contribution in [3.8, 4) is 0 Å². The van der Waals surface area contributed by atoms with Gasteiger partial charge in [0.1, 0.15) is 0 Å². The molecule has 2 fully saturated rings. The summed E-state index contributed by atoms with van der Waals surface area (Å²) in [5.74, 6) is 4.78. The number of amides is 1. The smallest absolute Gasteiger partial charge is 0.222 e. The standard InChI is InChI=1S/C14H25NOS/c1-11(8-12-4-2-3-5-12)14(16)15-7-6-13-9-17-10-13/h11-13H,2-10H2,1H3,(H,15,16). The van der Waals surface area contributed by atoms with Gasteiger partial charge in [0.2, 0.25) is 5.91 Å². The molecule has 0 aromatic carbocycles. The summed E-state index contributed by atoms with van der Waals surface area (Å²) in [6.07, 6.45) is 7.71. The van der Waals surface area contributed by atoms with Crippen molar-refractivity contribution in [2.24, 2.45) is 17.8 Å². The highest BCUT2D eigenvalue weighted by Gasteiger charge is 2.22. The SMILES string of the molecule is CC(CC1CCCC1)C(=O)NCCC1CSC1. The summed E-state index contributed by atoms with van der Waals surface area (Å²) in [5, 5.41) is 3.11. The molecule has 0 aromatic rings. The van der Waals surface area contributed by atoms with Crippen molar-refractivity contribution < 1.29 is 4.79 Å². The summed E-state index contributed by atoms with van der Waals surface area (Å²) in [7, 11) is 0. The Bertz CT molecular complexity index is 247. The van der Waals surface area contributed by atoms with E-state index in [4.69, 9.17) is 0 Å². The fourth-order valence-electron chi connectivity index (χ4n) is 2.88. The van der Waals surface area contributed by atoms with Crippen molar-refractivity contribution in [1.29, 1.82) is 0 Å². The van der Waals surface area contributed by atoms with E-state index in [9.17, 15) is 4.79 Å². The van der Waals surface area contributed by atoms with E-state index in [1.54, 1.807) is 0 Å². The summed E-state index contributed by atoms with van der Waals surface area (Å²) >= 11 is 2.02. The fourth-order valence-corrected chi connectivity index (χ4v) is 3.78.